The van der Waals surface area contributed by atoms with Crippen molar-refractivity contribution in [3.8, 4) is 5.69 Å². The molecule has 3 aromatic carbocycles. The number of nitrogens with one attached hydrogen (secondary N) is 1. The Morgan fingerprint density at radius 1 is 1.03 bits per heavy atom. The van der Waals surface area contributed by atoms with Crippen LogP contribution in [0.5, 0.6) is 0 Å². The molecule has 0 unspecified atom stereocenters. The number of para-hydroxylation sites is 1. The third-order valence-corrected chi connectivity index (χ3v) is 7.72. The Balaban J connectivity index is 1.61. The van der Waals surface area contributed by atoms with Crippen molar-refractivity contribution in [1.29, 1.82) is 0 Å². The van der Waals surface area contributed by atoms with Crippen LogP contribution in [0.3, 0.4) is 0 Å². The van der Waals surface area contributed by atoms with Gasteiger partial charge in [-0.3, -0.25) is 9.10 Å². The SMILES string of the molecule is Cc1ccc(S(=O)(=O)N(CC(=O)NCc2ccccc2-n2cncn2)c2cccc(Cl)c2C)cc1. The van der Waals surface area contributed by atoms with Gasteiger partial charge < -0.3 is 5.32 Å². The van der Waals surface area contributed by atoms with Crippen molar-refractivity contribution in [2.75, 3.05) is 10.8 Å². The van der Waals surface area contributed by atoms with Gasteiger partial charge in [-0.25, -0.2) is 18.1 Å². The first-order valence-electron chi connectivity index (χ1n) is 10.8. The van der Waals surface area contributed by atoms with E-state index in [1.165, 1.54) is 18.5 Å². The van der Waals surface area contributed by atoms with Gasteiger partial charge in [0.25, 0.3) is 10.0 Å². The lowest BCUT2D eigenvalue weighted by atomic mass is 10.1. The van der Waals surface area contributed by atoms with Gasteiger partial charge in [-0.15, -0.1) is 0 Å². The molecular formula is C25H24ClN5O3S. The third-order valence-electron chi connectivity index (χ3n) is 5.54. The van der Waals surface area contributed by atoms with Gasteiger partial charge >= 0.3 is 0 Å². The van der Waals surface area contributed by atoms with E-state index in [1.807, 2.05) is 31.2 Å². The monoisotopic (exact) mass is 509 g/mol. The summed E-state index contributed by atoms with van der Waals surface area (Å²) in [7, 11) is -4.04. The largest absolute Gasteiger partial charge is 0.350 e. The molecule has 0 saturated carbocycles. The van der Waals surface area contributed by atoms with Crippen LogP contribution in [0.4, 0.5) is 5.69 Å². The highest BCUT2D eigenvalue weighted by Crippen LogP contribution is 2.31. The molecule has 0 spiro atoms. The first-order valence-corrected chi connectivity index (χ1v) is 12.6. The van der Waals surface area contributed by atoms with E-state index < -0.39 is 22.5 Å². The number of hydrogen-bond donors (Lipinski definition) is 1. The Bertz CT molecular complexity index is 1440. The molecule has 0 aliphatic carbocycles. The van der Waals surface area contributed by atoms with E-state index in [4.69, 9.17) is 11.6 Å². The van der Waals surface area contributed by atoms with Gasteiger partial charge in [-0.1, -0.05) is 53.6 Å². The van der Waals surface area contributed by atoms with Gasteiger partial charge in [-0.2, -0.15) is 5.10 Å². The van der Waals surface area contributed by atoms with E-state index in [0.29, 0.717) is 16.3 Å². The molecular weight excluding hydrogens is 486 g/mol. The summed E-state index contributed by atoms with van der Waals surface area (Å²) in [5.74, 6) is -0.464. The second-order valence-corrected chi connectivity index (χ2v) is 10.2. The lowest BCUT2D eigenvalue weighted by Gasteiger charge is -2.26. The standard InChI is InChI=1S/C25H24ClN5O3S/c1-18-10-12-21(13-11-18)35(33,34)31(23-9-5-7-22(26)19(23)2)15-25(32)28-14-20-6-3-4-8-24(20)30-17-27-16-29-30/h3-13,16-17H,14-15H2,1-2H3,(H,28,32). The number of carbonyl (C=O) groups excluding carboxylic acids is 1. The zero-order chi connectivity index (χ0) is 25.0. The van der Waals surface area contributed by atoms with Crippen LogP contribution in [0.25, 0.3) is 5.69 Å². The van der Waals surface area contributed by atoms with Crippen LogP contribution >= 0.6 is 11.6 Å². The van der Waals surface area contributed by atoms with Gasteiger partial charge in [0, 0.05) is 11.6 Å². The molecule has 0 radical (unpaired) electrons. The highest BCUT2D eigenvalue weighted by Gasteiger charge is 2.28. The van der Waals surface area contributed by atoms with Crippen molar-refractivity contribution in [2.24, 2.45) is 0 Å². The van der Waals surface area contributed by atoms with Gasteiger partial charge in [-0.05, 0) is 55.3 Å². The van der Waals surface area contributed by atoms with E-state index in [9.17, 15) is 13.2 Å². The molecule has 10 heteroatoms. The van der Waals surface area contributed by atoms with Crippen molar-refractivity contribution < 1.29 is 13.2 Å². The number of nitrogens with zero attached hydrogens (tertiary/aromatic N) is 4. The molecule has 1 amide bonds. The number of aryl methyl sites for hydroxylation is 1. The summed E-state index contributed by atoms with van der Waals surface area (Å²) in [5, 5.41) is 7.38. The molecule has 0 aliphatic heterocycles. The molecule has 4 aromatic rings. The molecule has 1 N–H and O–H groups in total. The maximum atomic E-state index is 13.6. The van der Waals surface area contributed by atoms with Crippen LogP contribution in [-0.4, -0.2) is 35.6 Å². The summed E-state index contributed by atoms with van der Waals surface area (Å²) >= 11 is 6.28. The fraction of sp³-hybridized carbons (Fsp3) is 0.160. The summed E-state index contributed by atoms with van der Waals surface area (Å²) in [6, 6.07) is 18.9. The molecule has 8 nitrogen and oxygen atoms in total. The van der Waals surface area contributed by atoms with Crippen LogP contribution < -0.4 is 9.62 Å². The predicted octanol–water partition coefficient (Wildman–Crippen LogP) is 4.05. The Hall–Kier alpha value is -3.69. The number of halogens is 1. The van der Waals surface area contributed by atoms with Crippen molar-refractivity contribution in [2.45, 2.75) is 25.3 Å². The molecule has 0 bridgehead atoms. The highest BCUT2D eigenvalue weighted by molar-refractivity contribution is 7.92. The van der Waals surface area contributed by atoms with E-state index in [0.717, 1.165) is 21.1 Å². The van der Waals surface area contributed by atoms with Crippen molar-refractivity contribution in [1.82, 2.24) is 20.1 Å². The predicted molar refractivity (Wildman–Crippen MR) is 135 cm³/mol. The number of carbonyl (C=O) groups is 1. The molecule has 0 saturated heterocycles. The number of aromatic nitrogens is 3. The lowest BCUT2D eigenvalue weighted by molar-refractivity contribution is -0.119. The molecule has 1 heterocycles. The van der Waals surface area contributed by atoms with Crippen LogP contribution in [0.1, 0.15) is 16.7 Å². The second-order valence-electron chi connectivity index (χ2n) is 7.95. The number of benzene rings is 3. The topological polar surface area (TPSA) is 97.2 Å². The first-order chi connectivity index (χ1) is 16.8. The minimum atomic E-state index is -4.04. The Morgan fingerprint density at radius 2 is 1.77 bits per heavy atom. The second kappa shape index (κ2) is 10.3. The van der Waals surface area contributed by atoms with Gasteiger partial charge in [0.2, 0.25) is 5.91 Å². The molecule has 0 fully saturated rings. The number of amides is 1. The summed E-state index contributed by atoms with van der Waals surface area (Å²) < 4.78 is 29.9. The molecule has 4 rings (SSSR count). The normalized spacial score (nSPS) is 11.3. The molecule has 180 valence electrons. The Labute approximate surface area is 209 Å². The van der Waals surface area contributed by atoms with Crippen LogP contribution in [0.2, 0.25) is 5.02 Å². The van der Waals surface area contributed by atoms with E-state index in [-0.39, 0.29) is 11.4 Å². The fourth-order valence-corrected chi connectivity index (χ4v) is 5.25. The number of rotatable bonds is 8. The van der Waals surface area contributed by atoms with Crippen molar-refractivity contribution in [3.05, 3.63) is 101 Å². The maximum Gasteiger partial charge on any atom is 0.264 e. The van der Waals surface area contributed by atoms with Crippen LogP contribution in [0, 0.1) is 13.8 Å². The van der Waals surface area contributed by atoms with Crippen molar-refractivity contribution >= 4 is 33.2 Å². The van der Waals surface area contributed by atoms with Gasteiger partial charge in [0.1, 0.15) is 19.2 Å². The average molecular weight is 510 g/mol. The summed E-state index contributed by atoms with van der Waals surface area (Å²) in [5.41, 5.74) is 3.40. The highest BCUT2D eigenvalue weighted by atomic mass is 35.5. The zero-order valence-electron chi connectivity index (χ0n) is 19.2. The Kier molecular flexibility index (Phi) is 7.18. The lowest BCUT2D eigenvalue weighted by Crippen LogP contribution is -2.41. The number of anilines is 1. The summed E-state index contributed by atoms with van der Waals surface area (Å²) in [6.07, 6.45) is 2.99. The van der Waals surface area contributed by atoms with Gasteiger partial charge in [0.15, 0.2) is 0 Å². The molecule has 0 atom stereocenters. The molecule has 35 heavy (non-hydrogen) atoms. The van der Waals surface area contributed by atoms with Gasteiger partial charge in [0.05, 0.1) is 16.3 Å². The zero-order valence-corrected chi connectivity index (χ0v) is 20.8. The number of sulfonamides is 1. The average Bonchev–Trinajstić information content (AvgIpc) is 3.38. The summed E-state index contributed by atoms with van der Waals surface area (Å²) in [6.45, 7) is 3.37. The molecule has 0 aliphatic rings. The molecule has 1 aromatic heterocycles. The quantitative estimate of drug-likeness (QED) is 0.386. The fourth-order valence-electron chi connectivity index (χ4n) is 3.60. The minimum Gasteiger partial charge on any atom is -0.350 e. The van der Waals surface area contributed by atoms with Crippen LogP contribution in [0.15, 0.2) is 84.3 Å². The van der Waals surface area contributed by atoms with E-state index >= 15 is 0 Å². The Morgan fingerprint density at radius 3 is 2.49 bits per heavy atom. The number of hydrogen-bond acceptors (Lipinski definition) is 5. The van der Waals surface area contributed by atoms with E-state index in [1.54, 1.807) is 48.3 Å². The first kappa shape index (κ1) is 24.4. The summed E-state index contributed by atoms with van der Waals surface area (Å²) in [4.78, 5) is 17.1. The van der Waals surface area contributed by atoms with Crippen LogP contribution in [-0.2, 0) is 21.4 Å². The minimum absolute atomic E-state index is 0.0896. The maximum absolute atomic E-state index is 13.6. The van der Waals surface area contributed by atoms with Crippen molar-refractivity contribution in [3.63, 3.8) is 0 Å². The van der Waals surface area contributed by atoms with E-state index in [2.05, 4.69) is 15.4 Å². The third kappa shape index (κ3) is 5.36. The smallest absolute Gasteiger partial charge is 0.264 e.